The van der Waals surface area contributed by atoms with Crippen molar-refractivity contribution >= 4 is 56.1 Å². The normalized spacial score (nSPS) is 11.1. The van der Waals surface area contributed by atoms with E-state index in [-0.39, 0.29) is 0 Å². The van der Waals surface area contributed by atoms with Crippen molar-refractivity contribution in [2.24, 2.45) is 0 Å². The number of hydrogen-bond acceptors (Lipinski definition) is 4. The van der Waals surface area contributed by atoms with E-state index >= 15 is 0 Å². The Labute approximate surface area is 145 Å². The summed E-state index contributed by atoms with van der Waals surface area (Å²) in [4.78, 5) is 10.2. The molecule has 0 unspecified atom stereocenters. The largest absolute Gasteiger partial charge is 0.383 e. The van der Waals surface area contributed by atoms with E-state index in [0.717, 1.165) is 25.3 Å². The summed E-state index contributed by atoms with van der Waals surface area (Å²) in [6.45, 7) is 4.24. The van der Waals surface area contributed by atoms with Gasteiger partial charge >= 0.3 is 0 Å². The fraction of sp³-hybridized carbons (Fsp3) is 0.286. The summed E-state index contributed by atoms with van der Waals surface area (Å²) in [6, 6.07) is 8.22. The molecule has 1 aromatic carbocycles. The third-order valence-corrected chi connectivity index (χ3v) is 5.32. The second-order valence-electron chi connectivity index (χ2n) is 4.62. The van der Waals surface area contributed by atoms with Gasteiger partial charge in [-0.2, -0.15) is 0 Å². The molecule has 0 aliphatic carbocycles. The minimum Gasteiger partial charge on any atom is -0.383 e. The molecular formula is C14H15BrIN3S. The van der Waals surface area contributed by atoms with Crippen molar-refractivity contribution in [2.45, 2.75) is 30.4 Å². The average Bonchev–Trinajstić information content (AvgIpc) is 2.41. The molecule has 2 aromatic rings. The average molecular weight is 464 g/mol. The molecule has 20 heavy (non-hydrogen) atoms. The van der Waals surface area contributed by atoms with Gasteiger partial charge < -0.3 is 5.73 Å². The monoisotopic (exact) mass is 463 g/mol. The minimum absolute atomic E-state index is 0.351. The first-order valence-corrected chi connectivity index (χ1v) is 9.03. The van der Waals surface area contributed by atoms with Gasteiger partial charge in [-0.3, -0.25) is 0 Å². The first kappa shape index (κ1) is 16.0. The second-order valence-corrected chi connectivity index (χ2v) is 7.66. The molecule has 6 heteroatoms. The number of nitrogens with two attached hydrogens (primary N) is 1. The third kappa shape index (κ3) is 4.08. The van der Waals surface area contributed by atoms with E-state index in [1.165, 1.54) is 4.90 Å². The van der Waals surface area contributed by atoms with Gasteiger partial charge in [0.25, 0.3) is 0 Å². The molecule has 2 rings (SSSR count). The Morgan fingerprint density at radius 2 is 1.90 bits per heavy atom. The van der Waals surface area contributed by atoms with Crippen LogP contribution in [0.25, 0.3) is 0 Å². The Morgan fingerprint density at radius 3 is 2.50 bits per heavy atom. The van der Waals surface area contributed by atoms with Crippen molar-refractivity contribution in [3.05, 3.63) is 43.8 Å². The lowest BCUT2D eigenvalue weighted by Gasteiger charge is -2.11. The summed E-state index contributed by atoms with van der Waals surface area (Å²) in [5, 5.41) is 0. The van der Waals surface area contributed by atoms with Crippen LogP contribution in [0.1, 0.15) is 31.3 Å². The van der Waals surface area contributed by atoms with Crippen LogP contribution in [0.3, 0.4) is 0 Å². The summed E-state index contributed by atoms with van der Waals surface area (Å²) in [7, 11) is 0. The third-order valence-electron chi connectivity index (χ3n) is 2.68. The van der Waals surface area contributed by atoms with Crippen LogP contribution in [0, 0.1) is 3.57 Å². The highest BCUT2D eigenvalue weighted by Gasteiger charge is 2.13. The molecular weight excluding hydrogens is 449 g/mol. The van der Waals surface area contributed by atoms with Crippen LogP contribution in [0.5, 0.6) is 0 Å². The zero-order chi connectivity index (χ0) is 14.7. The number of hydrogen-bond donors (Lipinski definition) is 1. The summed E-state index contributed by atoms with van der Waals surface area (Å²) in [5.74, 6) is 2.45. The summed E-state index contributed by atoms with van der Waals surface area (Å²) < 4.78 is 2.05. The predicted molar refractivity (Wildman–Crippen MR) is 97.0 cm³/mol. The summed E-state index contributed by atoms with van der Waals surface area (Å²) >= 11 is 7.36. The standard InChI is InChI=1S/C14H15BrIN3S/c1-8(2)13-12(16)14(17)19-11(18-13)7-20-10-5-3-9(15)4-6-10/h3-6,8H,7H2,1-2H3,(H2,17,18,19). The molecule has 3 nitrogen and oxygen atoms in total. The van der Waals surface area contributed by atoms with Crippen LogP contribution in [0.4, 0.5) is 5.82 Å². The molecule has 0 atom stereocenters. The van der Waals surface area contributed by atoms with E-state index in [9.17, 15) is 0 Å². The lowest BCUT2D eigenvalue weighted by atomic mass is 10.1. The van der Waals surface area contributed by atoms with Crippen LogP contribution in [-0.4, -0.2) is 9.97 Å². The number of rotatable bonds is 4. The fourth-order valence-electron chi connectivity index (χ4n) is 1.66. The molecule has 0 aliphatic heterocycles. The molecule has 0 aliphatic rings. The van der Waals surface area contributed by atoms with Crippen molar-refractivity contribution in [3.8, 4) is 0 Å². The molecule has 2 N–H and O–H groups in total. The van der Waals surface area contributed by atoms with Gasteiger partial charge in [0.05, 0.1) is 15.0 Å². The summed E-state index contributed by atoms with van der Waals surface area (Å²) in [5.41, 5.74) is 7.01. The molecule has 0 fully saturated rings. The van der Waals surface area contributed by atoms with Crippen LogP contribution >= 0.6 is 50.3 Å². The quantitative estimate of drug-likeness (QED) is 0.520. The zero-order valence-corrected chi connectivity index (χ0v) is 15.8. The molecule has 0 spiro atoms. The number of nitrogens with zero attached hydrogens (tertiary/aromatic N) is 2. The molecule has 106 valence electrons. The molecule has 0 bridgehead atoms. The minimum atomic E-state index is 0.351. The first-order chi connectivity index (χ1) is 9.47. The Balaban J connectivity index is 2.15. The smallest absolute Gasteiger partial charge is 0.141 e. The molecule has 1 aromatic heterocycles. The van der Waals surface area contributed by atoms with Crippen molar-refractivity contribution in [3.63, 3.8) is 0 Å². The lowest BCUT2D eigenvalue weighted by Crippen LogP contribution is -2.07. The van der Waals surface area contributed by atoms with E-state index in [2.05, 4.69) is 74.5 Å². The Kier molecular flexibility index (Phi) is 5.68. The Morgan fingerprint density at radius 1 is 1.25 bits per heavy atom. The lowest BCUT2D eigenvalue weighted by molar-refractivity contribution is 0.793. The van der Waals surface area contributed by atoms with Gasteiger partial charge in [-0.1, -0.05) is 29.8 Å². The van der Waals surface area contributed by atoms with Crippen molar-refractivity contribution in [2.75, 3.05) is 5.73 Å². The maximum Gasteiger partial charge on any atom is 0.141 e. The number of halogens is 2. The van der Waals surface area contributed by atoms with Crippen LogP contribution in [0.2, 0.25) is 0 Å². The number of benzene rings is 1. The van der Waals surface area contributed by atoms with Gasteiger partial charge in [0.15, 0.2) is 0 Å². The Bertz CT molecular complexity index is 602. The van der Waals surface area contributed by atoms with Gasteiger partial charge in [-0.05, 0) is 52.8 Å². The fourth-order valence-corrected chi connectivity index (χ4v) is 3.54. The maximum atomic E-state index is 5.97. The maximum absolute atomic E-state index is 5.97. The number of anilines is 1. The van der Waals surface area contributed by atoms with E-state index in [1.54, 1.807) is 11.8 Å². The highest BCUT2D eigenvalue weighted by Crippen LogP contribution is 2.27. The number of nitrogen functional groups attached to an aromatic ring is 1. The topological polar surface area (TPSA) is 51.8 Å². The Hall–Kier alpha value is -0.340. The summed E-state index contributed by atoms with van der Waals surface area (Å²) in [6.07, 6.45) is 0. The number of thioether (sulfide) groups is 1. The van der Waals surface area contributed by atoms with E-state index in [0.29, 0.717) is 11.7 Å². The van der Waals surface area contributed by atoms with Crippen LogP contribution in [-0.2, 0) is 5.75 Å². The molecule has 1 heterocycles. The predicted octanol–water partition coefficient (Wildman–Crippen LogP) is 4.84. The second kappa shape index (κ2) is 7.09. The number of aromatic nitrogens is 2. The zero-order valence-electron chi connectivity index (χ0n) is 11.2. The van der Waals surface area contributed by atoms with Crippen LogP contribution in [0.15, 0.2) is 33.6 Å². The van der Waals surface area contributed by atoms with Crippen LogP contribution < -0.4 is 5.73 Å². The van der Waals surface area contributed by atoms with Gasteiger partial charge in [0, 0.05) is 9.37 Å². The van der Waals surface area contributed by atoms with Gasteiger partial charge in [-0.15, -0.1) is 11.8 Å². The van der Waals surface area contributed by atoms with Crippen molar-refractivity contribution in [1.82, 2.24) is 9.97 Å². The van der Waals surface area contributed by atoms with Gasteiger partial charge in [-0.25, -0.2) is 9.97 Å². The van der Waals surface area contributed by atoms with E-state index < -0.39 is 0 Å². The molecule has 0 radical (unpaired) electrons. The van der Waals surface area contributed by atoms with Crippen molar-refractivity contribution in [1.29, 1.82) is 0 Å². The molecule has 0 saturated heterocycles. The highest BCUT2D eigenvalue weighted by molar-refractivity contribution is 14.1. The first-order valence-electron chi connectivity index (χ1n) is 6.17. The van der Waals surface area contributed by atoms with E-state index in [4.69, 9.17) is 5.73 Å². The van der Waals surface area contributed by atoms with E-state index in [1.807, 2.05) is 12.1 Å². The SMILES string of the molecule is CC(C)c1nc(CSc2ccc(Br)cc2)nc(N)c1I. The molecule has 0 amide bonds. The van der Waals surface area contributed by atoms with Gasteiger partial charge in [0.1, 0.15) is 11.6 Å². The highest BCUT2D eigenvalue weighted by atomic mass is 127. The van der Waals surface area contributed by atoms with Gasteiger partial charge in [0.2, 0.25) is 0 Å². The molecule has 0 saturated carbocycles. The van der Waals surface area contributed by atoms with Crippen molar-refractivity contribution < 1.29 is 0 Å².